The first kappa shape index (κ1) is 12.7. The molecule has 3 aromatic heterocycles. The van der Waals surface area contributed by atoms with Crippen LogP contribution in [0.1, 0.15) is 29.4 Å². The molecule has 3 heterocycles. The lowest BCUT2D eigenvalue weighted by Crippen LogP contribution is -2.11. The molecular weight excluding hydrogens is 280 g/mol. The minimum absolute atomic E-state index is 0.216. The smallest absolute Gasteiger partial charge is 0.159 e. The van der Waals surface area contributed by atoms with E-state index >= 15 is 0 Å². The zero-order chi connectivity index (χ0) is 13.6. The Morgan fingerprint density at radius 2 is 2.26 bits per heavy atom. The summed E-state index contributed by atoms with van der Waals surface area (Å²) in [5, 5.41) is 6.54. The van der Waals surface area contributed by atoms with Gasteiger partial charge in [-0.05, 0) is 25.3 Å². The first-order valence-electron chi connectivity index (χ1n) is 6.13. The summed E-state index contributed by atoms with van der Waals surface area (Å²) in [4.78, 5) is 5.93. The van der Waals surface area contributed by atoms with Crippen LogP contribution in [0, 0.1) is 6.92 Å². The average Bonchev–Trinajstić information content (AvgIpc) is 3.08. The third kappa shape index (κ3) is 1.88. The predicted molar refractivity (Wildman–Crippen MR) is 78.9 cm³/mol. The maximum atomic E-state index is 6.06. The lowest BCUT2D eigenvalue weighted by atomic mass is 10.2. The fraction of sp³-hybridized carbons (Fsp3) is 0.385. The van der Waals surface area contributed by atoms with E-state index in [1.807, 2.05) is 18.7 Å². The van der Waals surface area contributed by atoms with Gasteiger partial charge in [0.05, 0.1) is 17.6 Å². The average molecular weight is 295 g/mol. The van der Waals surface area contributed by atoms with E-state index in [0.29, 0.717) is 5.88 Å². The molecule has 4 nitrogen and oxygen atoms in total. The Morgan fingerprint density at radius 1 is 1.47 bits per heavy atom. The van der Waals surface area contributed by atoms with Crippen LogP contribution in [0.3, 0.4) is 0 Å². The molecule has 0 amide bonds. The van der Waals surface area contributed by atoms with Gasteiger partial charge < -0.3 is 4.57 Å². The highest BCUT2D eigenvalue weighted by atomic mass is 35.5. The molecule has 0 aliphatic carbocycles. The molecule has 0 aromatic carbocycles. The molecule has 0 spiro atoms. The van der Waals surface area contributed by atoms with E-state index in [4.69, 9.17) is 11.6 Å². The lowest BCUT2D eigenvalue weighted by Gasteiger charge is -2.15. The molecule has 19 heavy (non-hydrogen) atoms. The Morgan fingerprint density at radius 3 is 2.89 bits per heavy atom. The number of thiophene rings is 1. The molecule has 100 valence electrons. The molecular formula is C13H15ClN4S. The fourth-order valence-corrected chi connectivity index (χ4v) is 3.46. The molecule has 3 rings (SSSR count). The molecule has 0 bridgehead atoms. The van der Waals surface area contributed by atoms with Gasteiger partial charge >= 0.3 is 0 Å². The van der Waals surface area contributed by atoms with Crippen molar-refractivity contribution in [2.24, 2.45) is 7.05 Å². The van der Waals surface area contributed by atoms with Gasteiger partial charge in [-0.3, -0.25) is 4.68 Å². The molecule has 1 atom stereocenters. The van der Waals surface area contributed by atoms with Crippen molar-refractivity contribution in [1.82, 2.24) is 19.3 Å². The van der Waals surface area contributed by atoms with Gasteiger partial charge in [-0.1, -0.05) is 6.07 Å². The summed E-state index contributed by atoms with van der Waals surface area (Å²) in [7, 11) is 1.95. The van der Waals surface area contributed by atoms with Crippen LogP contribution >= 0.6 is 22.9 Å². The van der Waals surface area contributed by atoms with Crippen LogP contribution in [0.4, 0.5) is 0 Å². The highest BCUT2D eigenvalue weighted by molar-refractivity contribution is 7.10. The standard InChI is InChI=1S/C13H15ClN4S/c1-8-12-13(17(3)16-8)18(11(7-14)15-12)9(2)10-5-4-6-19-10/h4-6,9H,7H2,1-3H3. The minimum atomic E-state index is 0.216. The summed E-state index contributed by atoms with van der Waals surface area (Å²) in [5.74, 6) is 1.30. The van der Waals surface area contributed by atoms with E-state index in [0.717, 1.165) is 22.7 Å². The van der Waals surface area contributed by atoms with Crippen molar-refractivity contribution in [1.29, 1.82) is 0 Å². The Bertz CT molecular complexity index is 711. The van der Waals surface area contributed by atoms with Gasteiger partial charge in [-0.2, -0.15) is 5.10 Å². The summed E-state index contributed by atoms with van der Waals surface area (Å²) in [6.45, 7) is 4.15. The third-order valence-electron chi connectivity index (χ3n) is 3.37. The van der Waals surface area contributed by atoms with Crippen LogP contribution in [0.25, 0.3) is 11.2 Å². The van der Waals surface area contributed by atoms with Gasteiger partial charge in [0.15, 0.2) is 5.65 Å². The van der Waals surface area contributed by atoms with Gasteiger partial charge in [-0.15, -0.1) is 22.9 Å². The van der Waals surface area contributed by atoms with Gasteiger partial charge in [0.2, 0.25) is 0 Å². The second kappa shape index (κ2) is 4.65. The van der Waals surface area contributed by atoms with Crippen LogP contribution in [-0.4, -0.2) is 19.3 Å². The quantitative estimate of drug-likeness (QED) is 0.693. The molecule has 6 heteroatoms. The Kier molecular flexibility index (Phi) is 3.11. The normalized spacial score (nSPS) is 13.3. The van der Waals surface area contributed by atoms with E-state index in [1.165, 1.54) is 4.88 Å². The van der Waals surface area contributed by atoms with Gasteiger partial charge in [0, 0.05) is 11.9 Å². The number of fused-ring (bicyclic) bond motifs is 1. The van der Waals surface area contributed by atoms with Crippen molar-refractivity contribution in [3.05, 3.63) is 33.9 Å². The lowest BCUT2D eigenvalue weighted by molar-refractivity contribution is 0.616. The van der Waals surface area contributed by atoms with Crippen molar-refractivity contribution < 1.29 is 0 Å². The maximum Gasteiger partial charge on any atom is 0.159 e. The summed E-state index contributed by atoms with van der Waals surface area (Å²) >= 11 is 7.81. The van der Waals surface area contributed by atoms with Crippen molar-refractivity contribution in [2.45, 2.75) is 25.8 Å². The number of hydrogen-bond donors (Lipinski definition) is 0. The van der Waals surface area contributed by atoms with Crippen molar-refractivity contribution in [3.8, 4) is 0 Å². The van der Waals surface area contributed by atoms with E-state index in [9.17, 15) is 0 Å². The summed E-state index contributed by atoms with van der Waals surface area (Å²) in [5.41, 5.74) is 2.93. The van der Waals surface area contributed by atoms with Crippen molar-refractivity contribution in [2.75, 3.05) is 0 Å². The fourth-order valence-electron chi connectivity index (χ4n) is 2.50. The van der Waals surface area contributed by atoms with Crippen molar-refractivity contribution in [3.63, 3.8) is 0 Å². The first-order valence-corrected chi connectivity index (χ1v) is 7.54. The molecule has 1 unspecified atom stereocenters. The molecule has 0 saturated carbocycles. The number of aromatic nitrogens is 4. The number of aryl methyl sites for hydroxylation is 2. The van der Waals surface area contributed by atoms with Gasteiger partial charge in [-0.25, -0.2) is 4.98 Å². The molecule has 0 N–H and O–H groups in total. The van der Waals surface area contributed by atoms with E-state index in [-0.39, 0.29) is 6.04 Å². The number of alkyl halides is 1. The topological polar surface area (TPSA) is 35.6 Å². The number of nitrogens with zero attached hydrogens (tertiary/aromatic N) is 4. The van der Waals surface area contributed by atoms with Crippen LogP contribution in [0.15, 0.2) is 17.5 Å². The molecule has 0 fully saturated rings. The zero-order valence-corrected chi connectivity index (χ0v) is 12.7. The number of halogens is 1. The number of rotatable bonds is 3. The Labute approximate surface area is 120 Å². The monoisotopic (exact) mass is 294 g/mol. The zero-order valence-electron chi connectivity index (χ0n) is 11.1. The maximum absolute atomic E-state index is 6.06. The third-order valence-corrected chi connectivity index (χ3v) is 4.65. The van der Waals surface area contributed by atoms with Crippen LogP contribution < -0.4 is 0 Å². The van der Waals surface area contributed by atoms with E-state index in [1.54, 1.807) is 11.3 Å². The predicted octanol–water partition coefficient (Wildman–Crippen LogP) is 3.49. The number of hydrogen-bond acceptors (Lipinski definition) is 3. The Balaban J connectivity index is 2.26. The Hall–Kier alpha value is -1.33. The summed E-state index contributed by atoms with van der Waals surface area (Å²) in [6, 6.07) is 4.43. The van der Waals surface area contributed by atoms with Crippen LogP contribution in [0.2, 0.25) is 0 Å². The molecule has 0 aliphatic rings. The highest BCUT2D eigenvalue weighted by Gasteiger charge is 2.21. The second-order valence-electron chi connectivity index (χ2n) is 4.60. The first-order chi connectivity index (χ1) is 9.13. The second-order valence-corrected chi connectivity index (χ2v) is 5.85. The summed E-state index contributed by atoms with van der Waals surface area (Å²) < 4.78 is 4.08. The van der Waals surface area contributed by atoms with E-state index in [2.05, 4.69) is 39.1 Å². The molecule has 0 aliphatic heterocycles. The SMILES string of the molecule is Cc1nn(C)c2c1nc(CCl)n2C(C)c1cccs1. The van der Waals surface area contributed by atoms with Crippen molar-refractivity contribution >= 4 is 34.1 Å². The minimum Gasteiger partial charge on any atom is -0.304 e. The van der Waals surface area contributed by atoms with Gasteiger partial charge in [0.25, 0.3) is 0 Å². The van der Waals surface area contributed by atoms with Crippen LogP contribution in [0.5, 0.6) is 0 Å². The molecule has 0 radical (unpaired) electrons. The largest absolute Gasteiger partial charge is 0.304 e. The molecule has 0 saturated heterocycles. The van der Waals surface area contributed by atoms with Crippen LogP contribution in [-0.2, 0) is 12.9 Å². The summed E-state index contributed by atoms with van der Waals surface area (Å²) in [6.07, 6.45) is 0. The van der Waals surface area contributed by atoms with Gasteiger partial charge in [0.1, 0.15) is 11.3 Å². The van der Waals surface area contributed by atoms with E-state index < -0.39 is 0 Å². The highest BCUT2D eigenvalue weighted by Crippen LogP contribution is 2.30. The number of imidazole rings is 1. The molecule has 3 aromatic rings.